The highest BCUT2D eigenvalue weighted by molar-refractivity contribution is 5.72. The van der Waals surface area contributed by atoms with E-state index in [4.69, 9.17) is 10.2 Å². The molecule has 0 aliphatic rings. The molecule has 0 aromatic heterocycles. The smallest absolute Gasteiger partial charge is 0.306 e. The summed E-state index contributed by atoms with van der Waals surface area (Å²) in [6.07, 6.45) is 20.3. The Morgan fingerprint density at radius 1 is 0.679 bits per heavy atom. The van der Waals surface area contributed by atoms with Crippen LogP contribution in [0.4, 0.5) is 0 Å². The normalized spacial score (nSPS) is 11.9. The quantitative estimate of drug-likeness (QED) is 0.170. The monoisotopic (exact) mass is 398 g/mol. The van der Waals surface area contributed by atoms with Crippen LogP contribution in [-0.2, 0) is 9.59 Å². The van der Waals surface area contributed by atoms with Crippen LogP contribution < -0.4 is 0 Å². The molecule has 0 aromatic rings. The van der Waals surface area contributed by atoms with Crippen LogP contribution in [0.15, 0.2) is 12.2 Å². The van der Waals surface area contributed by atoms with Crippen molar-refractivity contribution in [3.8, 4) is 0 Å². The van der Waals surface area contributed by atoms with Crippen LogP contribution in [-0.4, -0.2) is 32.9 Å². The molecule has 0 saturated carbocycles. The summed E-state index contributed by atoms with van der Waals surface area (Å²) in [6, 6.07) is 0. The van der Waals surface area contributed by atoms with Gasteiger partial charge in [-0.15, -0.1) is 0 Å². The van der Waals surface area contributed by atoms with Crippen molar-refractivity contribution in [2.75, 3.05) is 0 Å². The Morgan fingerprint density at radius 3 is 1.50 bits per heavy atom. The molecule has 0 radical (unpaired) electrons. The van der Waals surface area contributed by atoms with Gasteiger partial charge in [0.1, 0.15) is 0 Å². The molecule has 0 aliphatic heterocycles. The molecule has 0 amide bonds. The lowest BCUT2D eigenvalue weighted by Gasteiger charge is -2.24. The molecule has 0 fully saturated rings. The first kappa shape index (κ1) is 26.6. The molecule has 3 N–H and O–H groups in total. The van der Waals surface area contributed by atoms with Crippen LogP contribution in [0.25, 0.3) is 0 Å². The standard InChI is InChI=1S/C23H42O5/c1-2-3-4-5-6-7-8-9-10-11-12-13-14-15-16-17-18-23(28,19-21(24)25)20-22(26)27/h9-10,28H,2-8,11-20H2,1H3,(H,24,25)(H,26,27)/b10-9+. The summed E-state index contributed by atoms with van der Waals surface area (Å²) in [5.41, 5.74) is -1.63. The Morgan fingerprint density at radius 2 is 1.07 bits per heavy atom. The number of carboxylic acid groups (broad SMARTS) is 2. The molecular weight excluding hydrogens is 356 g/mol. The van der Waals surface area contributed by atoms with Gasteiger partial charge in [-0.1, -0.05) is 83.3 Å². The van der Waals surface area contributed by atoms with E-state index in [2.05, 4.69) is 19.1 Å². The average molecular weight is 399 g/mol. The van der Waals surface area contributed by atoms with E-state index in [0.29, 0.717) is 6.42 Å². The molecule has 0 spiro atoms. The second-order valence-electron chi connectivity index (χ2n) is 8.05. The molecule has 5 nitrogen and oxygen atoms in total. The Hall–Kier alpha value is -1.36. The number of hydrogen-bond donors (Lipinski definition) is 3. The fraction of sp³-hybridized carbons (Fsp3) is 0.826. The predicted octanol–water partition coefficient (Wildman–Crippen LogP) is 6.09. The number of carboxylic acids is 2. The third-order valence-electron chi connectivity index (χ3n) is 5.11. The zero-order valence-electron chi connectivity index (χ0n) is 17.8. The molecule has 0 heterocycles. The molecule has 28 heavy (non-hydrogen) atoms. The van der Waals surface area contributed by atoms with Gasteiger partial charge in [0.2, 0.25) is 0 Å². The molecule has 0 saturated heterocycles. The van der Waals surface area contributed by atoms with Crippen molar-refractivity contribution in [3.63, 3.8) is 0 Å². The van der Waals surface area contributed by atoms with Gasteiger partial charge in [-0.2, -0.15) is 0 Å². The van der Waals surface area contributed by atoms with Gasteiger partial charge in [0.05, 0.1) is 18.4 Å². The van der Waals surface area contributed by atoms with E-state index < -0.39 is 30.4 Å². The van der Waals surface area contributed by atoms with E-state index in [9.17, 15) is 14.7 Å². The van der Waals surface area contributed by atoms with Crippen LogP contribution >= 0.6 is 0 Å². The van der Waals surface area contributed by atoms with Crippen molar-refractivity contribution in [3.05, 3.63) is 12.2 Å². The van der Waals surface area contributed by atoms with Crippen molar-refractivity contribution in [2.45, 2.75) is 122 Å². The molecule has 0 aliphatic carbocycles. The lowest BCUT2D eigenvalue weighted by Crippen LogP contribution is -2.34. The van der Waals surface area contributed by atoms with E-state index in [1.807, 2.05) is 0 Å². The van der Waals surface area contributed by atoms with Gasteiger partial charge in [0, 0.05) is 0 Å². The number of rotatable bonds is 20. The van der Waals surface area contributed by atoms with Crippen LogP contribution in [0.2, 0.25) is 0 Å². The summed E-state index contributed by atoms with van der Waals surface area (Å²) in [6.45, 7) is 2.24. The van der Waals surface area contributed by atoms with Crippen LogP contribution in [0, 0.1) is 0 Å². The summed E-state index contributed by atoms with van der Waals surface area (Å²) < 4.78 is 0. The maximum atomic E-state index is 10.8. The molecule has 164 valence electrons. The minimum absolute atomic E-state index is 0.229. The van der Waals surface area contributed by atoms with Gasteiger partial charge in [-0.05, 0) is 32.1 Å². The Bertz CT molecular complexity index is 415. The molecular formula is C23H42O5. The number of carbonyl (C=O) groups is 2. The summed E-state index contributed by atoms with van der Waals surface area (Å²) >= 11 is 0. The fourth-order valence-electron chi connectivity index (χ4n) is 3.50. The molecule has 0 unspecified atom stereocenters. The third kappa shape index (κ3) is 18.0. The first-order valence-corrected chi connectivity index (χ1v) is 11.2. The summed E-state index contributed by atoms with van der Waals surface area (Å²) in [7, 11) is 0. The van der Waals surface area contributed by atoms with Crippen molar-refractivity contribution < 1.29 is 24.9 Å². The van der Waals surface area contributed by atoms with Crippen molar-refractivity contribution in [1.82, 2.24) is 0 Å². The minimum Gasteiger partial charge on any atom is -0.481 e. The van der Waals surface area contributed by atoms with Crippen molar-refractivity contribution in [1.29, 1.82) is 0 Å². The first-order chi connectivity index (χ1) is 13.4. The summed E-state index contributed by atoms with van der Waals surface area (Å²) in [5, 5.41) is 27.9. The van der Waals surface area contributed by atoms with E-state index in [1.54, 1.807) is 0 Å². The molecule has 5 heteroatoms. The lowest BCUT2D eigenvalue weighted by molar-refractivity contribution is -0.149. The molecule has 0 rings (SSSR count). The largest absolute Gasteiger partial charge is 0.481 e. The van der Waals surface area contributed by atoms with Crippen LogP contribution in [0.5, 0.6) is 0 Å². The lowest BCUT2D eigenvalue weighted by atomic mass is 9.89. The van der Waals surface area contributed by atoms with Gasteiger partial charge >= 0.3 is 11.9 Å². The minimum atomic E-state index is -1.63. The zero-order valence-corrected chi connectivity index (χ0v) is 17.8. The second kappa shape index (κ2) is 17.7. The van der Waals surface area contributed by atoms with Gasteiger partial charge in [-0.3, -0.25) is 9.59 Å². The Kier molecular flexibility index (Phi) is 16.9. The molecule has 0 atom stereocenters. The van der Waals surface area contributed by atoms with E-state index in [1.165, 1.54) is 57.8 Å². The topological polar surface area (TPSA) is 94.8 Å². The zero-order chi connectivity index (χ0) is 21.1. The summed E-state index contributed by atoms with van der Waals surface area (Å²) in [4.78, 5) is 21.6. The Balaban J connectivity index is 3.56. The number of aliphatic carboxylic acids is 2. The number of aliphatic hydroxyl groups is 1. The number of allylic oxidation sites excluding steroid dienone is 2. The first-order valence-electron chi connectivity index (χ1n) is 11.2. The van der Waals surface area contributed by atoms with Gasteiger partial charge in [0.25, 0.3) is 0 Å². The van der Waals surface area contributed by atoms with Gasteiger partial charge in [0.15, 0.2) is 0 Å². The maximum Gasteiger partial charge on any atom is 0.306 e. The summed E-state index contributed by atoms with van der Waals surface area (Å²) in [5.74, 6) is -2.32. The van der Waals surface area contributed by atoms with E-state index in [0.717, 1.165) is 25.7 Å². The van der Waals surface area contributed by atoms with E-state index >= 15 is 0 Å². The maximum absolute atomic E-state index is 10.8. The predicted molar refractivity (Wildman–Crippen MR) is 114 cm³/mol. The fourth-order valence-corrected chi connectivity index (χ4v) is 3.50. The van der Waals surface area contributed by atoms with Gasteiger partial charge in [-0.25, -0.2) is 0 Å². The SMILES string of the molecule is CCCCCCCC/C=C/CCCCCCCCC(O)(CC(=O)O)CC(=O)O. The van der Waals surface area contributed by atoms with Crippen molar-refractivity contribution in [2.24, 2.45) is 0 Å². The Labute approximate surface area is 171 Å². The molecule has 0 aromatic carbocycles. The highest BCUT2D eigenvalue weighted by Gasteiger charge is 2.32. The van der Waals surface area contributed by atoms with Gasteiger partial charge < -0.3 is 15.3 Å². The van der Waals surface area contributed by atoms with Crippen LogP contribution in [0.1, 0.15) is 116 Å². The second-order valence-corrected chi connectivity index (χ2v) is 8.05. The number of hydrogen-bond acceptors (Lipinski definition) is 3. The highest BCUT2D eigenvalue weighted by Crippen LogP contribution is 2.24. The van der Waals surface area contributed by atoms with Crippen LogP contribution in [0.3, 0.4) is 0 Å². The van der Waals surface area contributed by atoms with Crippen molar-refractivity contribution >= 4 is 11.9 Å². The molecule has 0 bridgehead atoms. The van der Waals surface area contributed by atoms with E-state index in [-0.39, 0.29) is 6.42 Å². The third-order valence-corrected chi connectivity index (χ3v) is 5.11. The highest BCUT2D eigenvalue weighted by atomic mass is 16.4. The average Bonchev–Trinajstić information content (AvgIpc) is 2.60. The number of unbranched alkanes of at least 4 members (excludes halogenated alkanes) is 12.